The number of piperidine rings is 1. The highest BCUT2D eigenvalue weighted by Crippen LogP contribution is 2.22. The van der Waals surface area contributed by atoms with Crippen LogP contribution in [-0.2, 0) is 0 Å². The first kappa shape index (κ1) is 18.4. The highest BCUT2D eigenvalue weighted by atomic mass is 15.3. The Bertz CT molecular complexity index is 666. The van der Waals surface area contributed by atoms with E-state index in [2.05, 4.69) is 74.0 Å². The Morgan fingerprint density at radius 1 is 1.08 bits per heavy atom. The largest absolute Gasteiger partial charge is 0.372 e. The number of hydrogen-bond donors (Lipinski definition) is 2. The summed E-state index contributed by atoms with van der Waals surface area (Å²) in [5.74, 6) is 1.25. The number of rotatable bonds is 8. The molecule has 26 heavy (non-hydrogen) atoms. The van der Waals surface area contributed by atoms with Crippen LogP contribution in [0.5, 0.6) is 0 Å². The van der Waals surface area contributed by atoms with Crippen LogP contribution in [0.25, 0.3) is 0 Å². The van der Waals surface area contributed by atoms with Gasteiger partial charge in [-0.1, -0.05) is 0 Å². The van der Waals surface area contributed by atoms with Gasteiger partial charge in [-0.05, 0) is 70.6 Å². The van der Waals surface area contributed by atoms with Crippen LogP contribution in [0.3, 0.4) is 0 Å². The Hall–Kier alpha value is -2.41. The van der Waals surface area contributed by atoms with E-state index in [4.69, 9.17) is 0 Å². The van der Waals surface area contributed by atoms with Gasteiger partial charge < -0.3 is 20.4 Å². The van der Waals surface area contributed by atoms with Crippen molar-refractivity contribution >= 4 is 23.1 Å². The third-order valence-corrected chi connectivity index (χ3v) is 4.49. The van der Waals surface area contributed by atoms with Gasteiger partial charge in [-0.2, -0.15) is 10.1 Å². The van der Waals surface area contributed by atoms with Gasteiger partial charge in [0.05, 0.1) is 6.20 Å². The van der Waals surface area contributed by atoms with Gasteiger partial charge in [0.25, 0.3) is 0 Å². The van der Waals surface area contributed by atoms with E-state index in [1.54, 1.807) is 6.20 Å². The Morgan fingerprint density at radius 3 is 2.58 bits per heavy atom. The average molecular weight is 355 g/mol. The Kier molecular flexibility index (Phi) is 6.60. The second kappa shape index (κ2) is 9.33. The fourth-order valence-electron chi connectivity index (χ4n) is 3.09. The molecule has 0 amide bonds. The van der Waals surface area contributed by atoms with Gasteiger partial charge in [-0.25, -0.2) is 0 Å². The summed E-state index contributed by atoms with van der Waals surface area (Å²) in [6, 6.07) is 8.46. The predicted molar refractivity (Wildman–Crippen MR) is 107 cm³/mol. The van der Waals surface area contributed by atoms with E-state index in [9.17, 15) is 0 Å². The summed E-state index contributed by atoms with van der Waals surface area (Å²) in [4.78, 5) is 9.09. The molecule has 0 radical (unpaired) electrons. The maximum Gasteiger partial charge on any atom is 0.249 e. The van der Waals surface area contributed by atoms with Crippen molar-refractivity contribution in [3.05, 3.63) is 30.5 Å². The van der Waals surface area contributed by atoms with E-state index in [1.807, 2.05) is 0 Å². The van der Waals surface area contributed by atoms with Crippen LogP contribution >= 0.6 is 0 Å². The Morgan fingerprint density at radius 2 is 1.85 bits per heavy atom. The number of nitrogens with zero attached hydrogens (tertiary/aromatic N) is 5. The van der Waals surface area contributed by atoms with Gasteiger partial charge in [0.15, 0.2) is 5.82 Å². The highest BCUT2D eigenvalue weighted by Gasteiger charge is 2.10. The van der Waals surface area contributed by atoms with Crippen LogP contribution in [0.15, 0.2) is 30.5 Å². The van der Waals surface area contributed by atoms with Gasteiger partial charge in [-0.15, -0.1) is 5.10 Å². The zero-order valence-corrected chi connectivity index (χ0v) is 15.8. The first-order chi connectivity index (χ1) is 12.7. The smallest absolute Gasteiger partial charge is 0.249 e. The standard InChI is InChI=1S/C19H29N7/c1-25(2)12-6-11-20-18-15-21-24-19(23-18)22-16-7-9-17(10-8-16)26-13-4-3-5-14-26/h7-10,15H,3-6,11-14H2,1-2H3,(H2,20,22,23,24). The molecule has 3 rings (SSSR count). The molecule has 1 aliphatic heterocycles. The minimum Gasteiger partial charge on any atom is -0.372 e. The second-order valence-corrected chi connectivity index (χ2v) is 6.97. The van der Waals surface area contributed by atoms with Crippen LogP contribution in [0, 0.1) is 0 Å². The molecule has 0 bridgehead atoms. The van der Waals surface area contributed by atoms with Crippen LogP contribution < -0.4 is 15.5 Å². The summed E-state index contributed by atoms with van der Waals surface area (Å²) >= 11 is 0. The van der Waals surface area contributed by atoms with Crippen molar-refractivity contribution in [2.45, 2.75) is 25.7 Å². The molecule has 1 aromatic heterocycles. The van der Waals surface area contributed by atoms with Crippen LogP contribution in [0.1, 0.15) is 25.7 Å². The fraction of sp³-hybridized carbons (Fsp3) is 0.526. The van der Waals surface area contributed by atoms with Crippen molar-refractivity contribution in [1.82, 2.24) is 20.1 Å². The average Bonchev–Trinajstić information content (AvgIpc) is 2.67. The van der Waals surface area contributed by atoms with E-state index >= 15 is 0 Å². The van der Waals surface area contributed by atoms with Gasteiger partial charge >= 0.3 is 0 Å². The van der Waals surface area contributed by atoms with Crippen LogP contribution in [-0.4, -0.2) is 60.4 Å². The molecule has 0 aliphatic carbocycles. The molecule has 7 heteroatoms. The summed E-state index contributed by atoms with van der Waals surface area (Å²) < 4.78 is 0. The molecule has 2 heterocycles. The van der Waals surface area contributed by atoms with Gasteiger partial charge in [0, 0.05) is 31.0 Å². The zero-order chi connectivity index (χ0) is 18.2. The molecule has 0 spiro atoms. The molecule has 2 aromatic rings. The van der Waals surface area contributed by atoms with Gasteiger partial charge in [-0.3, -0.25) is 0 Å². The van der Waals surface area contributed by atoms with Crippen molar-refractivity contribution in [3.8, 4) is 0 Å². The monoisotopic (exact) mass is 355 g/mol. The quantitative estimate of drug-likeness (QED) is 0.706. The minimum atomic E-state index is 0.508. The SMILES string of the molecule is CN(C)CCCNc1cnnc(Nc2ccc(N3CCCCC3)cc2)n1. The van der Waals surface area contributed by atoms with Crippen molar-refractivity contribution in [3.63, 3.8) is 0 Å². The fourth-order valence-corrected chi connectivity index (χ4v) is 3.09. The molecule has 140 valence electrons. The lowest BCUT2D eigenvalue weighted by atomic mass is 10.1. The highest BCUT2D eigenvalue weighted by molar-refractivity contribution is 5.59. The molecular weight excluding hydrogens is 326 g/mol. The van der Waals surface area contributed by atoms with Gasteiger partial charge in [0.1, 0.15) is 0 Å². The van der Waals surface area contributed by atoms with Crippen molar-refractivity contribution in [1.29, 1.82) is 0 Å². The molecule has 1 aromatic carbocycles. The number of anilines is 4. The lowest BCUT2D eigenvalue weighted by Gasteiger charge is -2.28. The molecule has 7 nitrogen and oxygen atoms in total. The number of aromatic nitrogens is 3. The van der Waals surface area contributed by atoms with Crippen molar-refractivity contribution < 1.29 is 0 Å². The molecule has 0 saturated carbocycles. The number of hydrogen-bond acceptors (Lipinski definition) is 7. The topological polar surface area (TPSA) is 69.2 Å². The molecule has 1 aliphatic rings. The van der Waals surface area contributed by atoms with E-state index in [1.165, 1.54) is 24.9 Å². The summed E-state index contributed by atoms with van der Waals surface area (Å²) in [5, 5.41) is 14.6. The zero-order valence-electron chi connectivity index (χ0n) is 15.8. The number of benzene rings is 1. The normalized spacial score (nSPS) is 14.5. The third-order valence-electron chi connectivity index (χ3n) is 4.49. The van der Waals surface area contributed by atoms with E-state index < -0.39 is 0 Å². The lowest BCUT2D eigenvalue weighted by molar-refractivity contribution is 0.405. The first-order valence-electron chi connectivity index (χ1n) is 9.41. The molecule has 1 saturated heterocycles. The van der Waals surface area contributed by atoms with Crippen LogP contribution in [0.2, 0.25) is 0 Å². The third kappa shape index (κ3) is 5.56. The maximum atomic E-state index is 4.48. The summed E-state index contributed by atoms with van der Waals surface area (Å²) in [6.45, 7) is 4.21. The molecule has 1 fully saturated rings. The first-order valence-corrected chi connectivity index (χ1v) is 9.41. The van der Waals surface area contributed by atoms with E-state index in [0.29, 0.717) is 5.95 Å². The second-order valence-electron chi connectivity index (χ2n) is 6.97. The lowest BCUT2D eigenvalue weighted by Crippen LogP contribution is -2.29. The molecular formula is C19H29N7. The summed E-state index contributed by atoms with van der Waals surface area (Å²) in [7, 11) is 4.15. The van der Waals surface area contributed by atoms with Crippen molar-refractivity contribution in [2.75, 3.05) is 55.8 Å². The minimum absolute atomic E-state index is 0.508. The maximum absolute atomic E-state index is 4.48. The molecule has 0 atom stereocenters. The van der Waals surface area contributed by atoms with E-state index in [-0.39, 0.29) is 0 Å². The van der Waals surface area contributed by atoms with E-state index in [0.717, 1.165) is 44.1 Å². The van der Waals surface area contributed by atoms with Crippen molar-refractivity contribution in [2.24, 2.45) is 0 Å². The molecule has 0 unspecified atom stereocenters. The number of nitrogens with one attached hydrogen (secondary N) is 2. The Labute approximate surface area is 155 Å². The van der Waals surface area contributed by atoms with Gasteiger partial charge in [0.2, 0.25) is 5.95 Å². The summed E-state index contributed by atoms with van der Waals surface area (Å²) in [6.07, 6.45) is 6.62. The molecule has 2 N–H and O–H groups in total. The van der Waals surface area contributed by atoms with Crippen LogP contribution in [0.4, 0.5) is 23.1 Å². The summed E-state index contributed by atoms with van der Waals surface area (Å²) in [5.41, 5.74) is 2.25. The Balaban J connectivity index is 1.54. The predicted octanol–water partition coefficient (Wildman–Crippen LogP) is 2.97.